The summed E-state index contributed by atoms with van der Waals surface area (Å²) in [6.07, 6.45) is 4.41. The highest BCUT2D eigenvalue weighted by molar-refractivity contribution is 5.92. The number of carbonyl (C=O) groups excluding carboxylic acids is 4. The third-order valence-corrected chi connectivity index (χ3v) is 6.59. The number of benzene rings is 1. The predicted octanol–water partition coefficient (Wildman–Crippen LogP) is 5.22. The van der Waals surface area contributed by atoms with Gasteiger partial charge in [-0.3, -0.25) is 14.4 Å². The molecule has 0 heterocycles. The van der Waals surface area contributed by atoms with Crippen LogP contribution in [0.4, 0.5) is 4.79 Å². The third kappa shape index (κ3) is 12.4. The van der Waals surface area contributed by atoms with Gasteiger partial charge in [0.05, 0.1) is 0 Å². The van der Waals surface area contributed by atoms with Gasteiger partial charge in [0.1, 0.15) is 17.7 Å². The fraction of sp³-hybridized carbons (Fsp3) is 0.677. The number of hydrogen-bond acceptors (Lipinski definition) is 5. The van der Waals surface area contributed by atoms with E-state index in [1.165, 1.54) is 0 Å². The molecule has 0 bridgehead atoms. The number of nitrogens with two attached hydrogens (primary N) is 1. The van der Waals surface area contributed by atoms with E-state index >= 15 is 0 Å². The van der Waals surface area contributed by atoms with E-state index in [2.05, 4.69) is 24.5 Å². The highest BCUT2D eigenvalue weighted by Gasteiger charge is 2.37. The van der Waals surface area contributed by atoms with E-state index in [-0.39, 0.29) is 24.8 Å². The Bertz CT molecular complexity index is 988. The zero-order chi connectivity index (χ0) is 30.5. The largest absolute Gasteiger partial charge is 0.444 e. The molecule has 0 aliphatic rings. The summed E-state index contributed by atoms with van der Waals surface area (Å²) in [6.45, 7) is 15.5. The molecule has 1 rings (SSSR count). The Morgan fingerprint density at radius 1 is 0.975 bits per heavy atom. The van der Waals surface area contributed by atoms with Crippen molar-refractivity contribution >= 4 is 23.8 Å². The molecule has 0 aromatic heterocycles. The van der Waals surface area contributed by atoms with Crippen molar-refractivity contribution in [1.82, 2.24) is 15.5 Å². The zero-order valence-electron chi connectivity index (χ0n) is 25.9. The Morgan fingerprint density at radius 3 is 2.20 bits per heavy atom. The van der Waals surface area contributed by atoms with Crippen molar-refractivity contribution in [3.63, 3.8) is 0 Å². The molecule has 1 aromatic carbocycles. The monoisotopic (exact) mass is 560 g/mol. The van der Waals surface area contributed by atoms with E-state index in [1.54, 1.807) is 25.7 Å². The summed E-state index contributed by atoms with van der Waals surface area (Å²) in [7, 11) is 0. The minimum atomic E-state index is -1.09. The standard InChI is InChI=1S/C31H52N4O5/c1-9-11-12-13-19-35(29(38)25(17-18-26(32)36)34-30(39)40-31(6,7)8)27(28(37)33-23(5)14-10-2)24-16-15-21(3)20-22(24)4/h15-16,20,23,25,27H,9-14,17-19H2,1-8H3,(H2,32,36)(H,33,37)(H,34,39). The molecule has 0 aliphatic carbocycles. The molecule has 3 unspecified atom stereocenters. The van der Waals surface area contributed by atoms with Crippen molar-refractivity contribution in [2.45, 2.75) is 130 Å². The summed E-state index contributed by atoms with van der Waals surface area (Å²) >= 11 is 0. The molecule has 0 radical (unpaired) electrons. The van der Waals surface area contributed by atoms with Crippen LogP contribution in [0.3, 0.4) is 0 Å². The molecule has 0 aliphatic heterocycles. The first-order chi connectivity index (χ1) is 18.7. The van der Waals surface area contributed by atoms with Crippen LogP contribution in [0, 0.1) is 13.8 Å². The number of nitrogens with one attached hydrogen (secondary N) is 2. The number of alkyl carbamates (subject to hydrolysis) is 1. The third-order valence-electron chi connectivity index (χ3n) is 6.59. The highest BCUT2D eigenvalue weighted by Crippen LogP contribution is 2.28. The predicted molar refractivity (Wildman–Crippen MR) is 159 cm³/mol. The minimum Gasteiger partial charge on any atom is -0.444 e. The Balaban J connectivity index is 3.59. The van der Waals surface area contributed by atoms with Gasteiger partial charge in [0.2, 0.25) is 17.7 Å². The molecule has 0 saturated carbocycles. The van der Waals surface area contributed by atoms with Crippen molar-refractivity contribution in [3.8, 4) is 0 Å². The van der Waals surface area contributed by atoms with E-state index in [1.807, 2.05) is 39.0 Å². The van der Waals surface area contributed by atoms with Crippen LogP contribution in [0.5, 0.6) is 0 Å². The van der Waals surface area contributed by atoms with Crippen LogP contribution in [0.1, 0.15) is 116 Å². The Hall–Kier alpha value is -3.10. The number of carbonyl (C=O) groups is 4. The van der Waals surface area contributed by atoms with Gasteiger partial charge in [-0.15, -0.1) is 0 Å². The van der Waals surface area contributed by atoms with Gasteiger partial charge in [-0.05, 0) is 71.9 Å². The normalized spacial score (nSPS) is 13.6. The van der Waals surface area contributed by atoms with Crippen molar-refractivity contribution in [2.24, 2.45) is 5.73 Å². The molecule has 3 atom stereocenters. The lowest BCUT2D eigenvalue weighted by Gasteiger charge is -2.36. The molecule has 4 N–H and O–H groups in total. The van der Waals surface area contributed by atoms with Gasteiger partial charge in [0.15, 0.2) is 0 Å². The number of unbranched alkanes of at least 4 members (excludes halogenated alkanes) is 3. The number of nitrogens with zero attached hydrogens (tertiary/aromatic N) is 1. The first kappa shape index (κ1) is 34.9. The lowest BCUT2D eigenvalue weighted by Crippen LogP contribution is -2.54. The molecule has 9 nitrogen and oxygen atoms in total. The summed E-state index contributed by atoms with van der Waals surface area (Å²) in [5.41, 5.74) is 7.29. The maximum Gasteiger partial charge on any atom is 0.408 e. The van der Waals surface area contributed by atoms with E-state index in [0.29, 0.717) is 13.0 Å². The fourth-order valence-corrected chi connectivity index (χ4v) is 4.68. The number of amides is 4. The summed E-state index contributed by atoms with van der Waals surface area (Å²) in [5, 5.41) is 5.75. The Kier molecular flexibility index (Phi) is 14.7. The fourth-order valence-electron chi connectivity index (χ4n) is 4.68. The lowest BCUT2D eigenvalue weighted by atomic mass is 9.95. The molecule has 0 saturated heterocycles. The summed E-state index contributed by atoms with van der Waals surface area (Å²) in [4.78, 5) is 54.1. The molecule has 226 valence electrons. The number of hydrogen-bond donors (Lipinski definition) is 3. The van der Waals surface area contributed by atoms with Gasteiger partial charge in [0.25, 0.3) is 0 Å². The summed E-state index contributed by atoms with van der Waals surface area (Å²) in [6, 6.07) is 3.74. The van der Waals surface area contributed by atoms with E-state index in [9.17, 15) is 19.2 Å². The summed E-state index contributed by atoms with van der Waals surface area (Å²) in [5.74, 6) is -1.31. The molecule has 9 heteroatoms. The van der Waals surface area contributed by atoms with Crippen molar-refractivity contribution in [2.75, 3.05) is 6.54 Å². The van der Waals surface area contributed by atoms with Crippen molar-refractivity contribution in [3.05, 3.63) is 34.9 Å². The zero-order valence-corrected chi connectivity index (χ0v) is 25.9. The minimum absolute atomic E-state index is 0.00761. The Labute approximate surface area is 241 Å². The van der Waals surface area contributed by atoms with Gasteiger partial charge in [0, 0.05) is 19.0 Å². The second-order valence-corrected chi connectivity index (χ2v) is 11.8. The SMILES string of the molecule is CCCCCCN(C(=O)C(CCC(N)=O)NC(=O)OC(C)(C)C)C(C(=O)NC(C)CCC)c1ccc(C)cc1C. The lowest BCUT2D eigenvalue weighted by molar-refractivity contribution is -0.143. The second-order valence-electron chi connectivity index (χ2n) is 11.8. The number of aryl methyl sites for hydroxylation is 2. The maximum absolute atomic E-state index is 14.3. The van der Waals surface area contributed by atoms with Crippen molar-refractivity contribution < 1.29 is 23.9 Å². The van der Waals surface area contributed by atoms with E-state index in [4.69, 9.17) is 10.5 Å². The van der Waals surface area contributed by atoms with Crippen LogP contribution < -0.4 is 16.4 Å². The first-order valence-electron chi connectivity index (χ1n) is 14.7. The van der Waals surface area contributed by atoms with Crippen LogP contribution in [-0.4, -0.2) is 52.9 Å². The number of primary amides is 1. The van der Waals surface area contributed by atoms with Crippen LogP contribution in [-0.2, 0) is 19.1 Å². The average Bonchev–Trinajstić information content (AvgIpc) is 2.83. The molecule has 0 fully saturated rings. The van der Waals surface area contributed by atoms with Crippen LogP contribution in [0.25, 0.3) is 0 Å². The van der Waals surface area contributed by atoms with Gasteiger partial charge in [-0.2, -0.15) is 0 Å². The van der Waals surface area contributed by atoms with Gasteiger partial charge < -0.3 is 26.0 Å². The smallest absolute Gasteiger partial charge is 0.408 e. The van der Waals surface area contributed by atoms with E-state index in [0.717, 1.165) is 48.8 Å². The molecular formula is C31H52N4O5. The second kappa shape index (κ2) is 16.9. The summed E-state index contributed by atoms with van der Waals surface area (Å²) < 4.78 is 5.41. The van der Waals surface area contributed by atoms with E-state index < -0.39 is 35.6 Å². The molecule has 0 spiro atoms. The molecule has 1 aromatic rings. The molecule has 4 amide bonds. The molecular weight excluding hydrogens is 508 g/mol. The van der Waals surface area contributed by atoms with Crippen LogP contribution in [0.15, 0.2) is 18.2 Å². The van der Waals surface area contributed by atoms with Crippen LogP contribution >= 0.6 is 0 Å². The quantitative estimate of drug-likeness (QED) is 0.239. The number of rotatable bonds is 16. The number of ether oxygens (including phenoxy) is 1. The van der Waals surface area contributed by atoms with Gasteiger partial charge >= 0.3 is 6.09 Å². The van der Waals surface area contributed by atoms with Gasteiger partial charge in [-0.1, -0.05) is 63.3 Å². The highest BCUT2D eigenvalue weighted by atomic mass is 16.6. The van der Waals surface area contributed by atoms with Crippen LogP contribution in [0.2, 0.25) is 0 Å². The maximum atomic E-state index is 14.3. The topological polar surface area (TPSA) is 131 Å². The Morgan fingerprint density at radius 2 is 1.65 bits per heavy atom. The first-order valence-corrected chi connectivity index (χ1v) is 14.7. The van der Waals surface area contributed by atoms with Gasteiger partial charge in [-0.25, -0.2) is 4.79 Å². The molecule has 40 heavy (non-hydrogen) atoms. The average molecular weight is 561 g/mol. The van der Waals surface area contributed by atoms with Crippen molar-refractivity contribution in [1.29, 1.82) is 0 Å².